The summed E-state index contributed by atoms with van der Waals surface area (Å²) in [6.45, 7) is 0.474. The van der Waals surface area contributed by atoms with Gasteiger partial charge in [0.15, 0.2) is 5.76 Å². The Bertz CT molecular complexity index is 729. The van der Waals surface area contributed by atoms with E-state index in [1.165, 1.54) is 12.1 Å². The normalized spacial score (nSPS) is 10.7. The summed E-state index contributed by atoms with van der Waals surface area (Å²) in [6, 6.07) is 15.5. The van der Waals surface area contributed by atoms with Crippen LogP contribution in [0.3, 0.4) is 0 Å². The first-order valence-corrected chi connectivity index (χ1v) is 6.73. The van der Waals surface area contributed by atoms with Crippen molar-refractivity contribution in [1.29, 1.82) is 0 Å². The molecule has 0 saturated heterocycles. The zero-order valence-electron chi connectivity index (χ0n) is 11.3. The van der Waals surface area contributed by atoms with Crippen LogP contribution in [-0.2, 0) is 6.42 Å². The number of halogens is 1. The van der Waals surface area contributed by atoms with Gasteiger partial charge in [0.1, 0.15) is 11.4 Å². The number of fused-ring (bicyclic) bond motifs is 1. The topological polar surface area (TPSA) is 42.2 Å². The summed E-state index contributed by atoms with van der Waals surface area (Å²) in [5, 5.41) is 3.70. The molecule has 1 heterocycles. The molecule has 3 rings (SSSR count). The van der Waals surface area contributed by atoms with Crippen LogP contribution in [0.1, 0.15) is 16.1 Å². The third-order valence-corrected chi connectivity index (χ3v) is 3.26. The monoisotopic (exact) mass is 283 g/mol. The van der Waals surface area contributed by atoms with E-state index in [-0.39, 0.29) is 11.7 Å². The minimum Gasteiger partial charge on any atom is -0.451 e. The number of carbonyl (C=O) groups excluding carboxylic acids is 1. The first kappa shape index (κ1) is 13.4. The molecule has 106 valence electrons. The fourth-order valence-electron chi connectivity index (χ4n) is 2.15. The highest BCUT2D eigenvalue weighted by Gasteiger charge is 2.11. The molecule has 21 heavy (non-hydrogen) atoms. The summed E-state index contributed by atoms with van der Waals surface area (Å²) in [4.78, 5) is 12.0. The maximum atomic E-state index is 12.8. The van der Waals surface area contributed by atoms with Gasteiger partial charge in [-0.15, -0.1) is 0 Å². The largest absolute Gasteiger partial charge is 0.451 e. The van der Waals surface area contributed by atoms with E-state index in [9.17, 15) is 9.18 Å². The zero-order valence-corrected chi connectivity index (χ0v) is 11.3. The summed E-state index contributed by atoms with van der Waals surface area (Å²) < 4.78 is 18.3. The van der Waals surface area contributed by atoms with Crippen LogP contribution in [0.25, 0.3) is 11.0 Å². The van der Waals surface area contributed by atoms with E-state index in [2.05, 4.69) is 5.32 Å². The molecule has 0 aliphatic heterocycles. The third-order valence-electron chi connectivity index (χ3n) is 3.26. The number of benzene rings is 2. The molecule has 1 amide bonds. The molecule has 0 unspecified atom stereocenters. The van der Waals surface area contributed by atoms with Gasteiger partial charge in [0.05, 0.1) is 0 Å². The van der Waals surface area contributed by atoms with Gasteiger partial charge in [0.2, 0.25) is 0 Å². The molecule has 1 aromatic heterocycles. The van der Waals surface area contributed by atoms with Crippen molar-refractivity contribution >= 4 is 16.9 Å². The molecule has 0 aliphatic rings. The van der Waals surface area contributed by atoms with Crippen LogP contribution >= 0.6 is 0 Å². The Morgan fingerprint density at radius 1 is 1.10 bits per heavy atom. The van der Waals surface area contributed by atoms with Crippen LogP contribution < -0.4 is 5.32 Å². The molecule has 0 aliphatic carbocycles. The van der Waals surface area contributed by atoms with Gasteiger partial charge in [-0.05, 0) is 36.2 Å². The van der Waals surface area contributed by atoms with Crippen LogP contribution in [-0.4, -0.2) is 12.5 Å². The van der Waals surface area contributed by atoms with Crippen molar-refractivity contribution in [3.05, 3.63) is 71.7 Å². The van der Waals surface area contributed by atoms with Crippen molar-refractivity contribution < 1.29 is 13.6 Å². The highest BCUT2D eigenvalue weighted by atomic mass is 19.1. The summed E-state index contributed by atoms with van der Waals surface area (Å²) in [7, 11) is 0. The van der Waals surface area contributed by atoms with Gasteiger partial charge in [0.25, 0.3) is 5.91 Å². The minimum atomic E-state index is -0.259. The second-order valence-corrected chi connectivity index (χ2v) is 4.78. The molecule has 1 N–H and O–H groups in total. The lowest BCUT2D eigenvalue weighted by Gasteiger charge is -2.03. The van der Waals surface area contributed by atoms with Crippen LogP contribution in [0.15, 0.2) is 59.0 Å². The highest BCUT2D eigenvalue weighted by Crippen LogP contribution is 2.18. The average molecular weight is 283 g/mol. The number of carbonyl (C=O) groups is 1. The lowest BCUT2D eigenvalue weighted by molar-refractivity contribution is 0.0928. The molecule has 2 aromatic carbocycles. The Kier molecular flexibility index (Phi) is 3.69. The maximum Gasteiger partial charge on any atom is 0.287 e. The number of hydrogen-bond acceptors (Lipinski definition) is 2. The molecular weight excluding hydrogens is 269 g/mol. The van der Waals surface area contributed by atoms with Gasteiger partial charge in [-0.1, -0.05) is 30.3 Å². The van der Waals surface area contributed by atoms with Gasteiger partial charge >= 0.3 is 0 Å². The standard InChI is InChI=1S/C17H14FNO2/c18-14-7-5-12(6-8-14)9-10-19-17(20)16-11-13-3-1-2-4-15(13)21-16/h1-8,11H,9-10H2,(H,19,20). The van der Waals surface area contributed by atoms with Crippen LogP contribution in [0.4, 0.5) is 4.39 Å². The van der Waals surface area contributed by atoms with Crippen LogP contribution in [0, 0.1) is 5.82 Å². The van der Waals surface area contributed by atoms with Crippen molar-refractivity contribution in [2.75, 3.05) is 6.54 Å². The SMILES string of the molecule is O=C(NCCc1ccc(F)cc1)c1cc2ccccc2o1. The van der Waals surface area contributed by atoms with Gasteiger partial charge in [0, 0.05) is 11.9 Å². The summed E-state index contributed by atoms with van der Waals surface area (Å²) >= 11 is 0. The molecular formula is C17H14FNO2. The predicted molar refractivity (Wildman–Crippen MR) is 78.7 cm³/mol. The second kappa shape index (κ2) is 5.79. The summed E-state index contributed by atoms with van der Waals surface area (Å²) in [6.07, 6.45) is 0.645. The van der Waals surface area contributed by atoms with Crippen molar-refractivity contribution in [1.82, 2.24) is 5.32 Å². The van der Waals surface area contributed by atoms with Crippen LogP contribution in [0.5, 0.6) is 0 Å². The number of nitrogens with one attached hydrogen (secondary N) is 1. The van der Waals surface area contributed by atoms with Crippen molar-refractivity contribution in [3.63, 3.8) is 0 Å². The molecule has 0 saturated carbocycles. The zero-order chi connectivity index (χ0) is 14.7. The molecule has 0 spiro atoms. The first-order valence-electron chi connectivity index (χ1n) is 6.73. The fraction of sp³-hybridized carbons (Fsp3) is 0.118. The third kappa shape index (κ3) is 3.11. The van der Waals surface area contributed by atoms with Gasteiger partial charge < -0.3 is 9.73 Å². The van der Waals surface area contributed by atoms with E-state index in [0.29, 0.717) is 24.3 Å². The van der Waals surface area contributed by atoms with Gasteiger partial charge in [-0.25, -0.2) is 4.39 Å². The van der Waals surface area contributed by atoms with E-state index in [1.807, 2.05) is 24.3 Å². The predicted octanol–water partition coefficient (Wildman–Crippen LogP) is 3.54. The highest BCUT2D eigenvalue weighted by molar-refractivity contribution is 5.96. The molecule has 0 atom stereocenters. The van der Waals surface area contributed by atoms with E-state index in [1.54, 1.807) is 18.2 Å². The Hall–Kier alpha value is -2.62. The van der Waals surface area contributed by atoms with E-state index in [4.69, 9.17) is 4.42 Å². The molecule has 4 heteroatoms. The van der Waals surface area contributed by atoms with Gasteiger partial charge in [-0.3, -0.25) is 4.79 Å². The maximum absolute atomic E-state index is 12.8. The molecule has 0 radical (unpaired) electrons. The quantitative estimate of drug-likeness (QED) is 0.795. The number of rotatable bonds is 4. The minimum absolute atomic E-state index is 0.242. The smallest absolute Gasteiger partial charge is 0.287 e. The Morgan fingerprint density at radius 3 is 2.62 bits per heavy atom. The van der Waals surface area contributed by atoms with E-state index < -0.39 is 0 Å². The van der Waals surface area contributed by atoms with E-state index in [0.717, 1.165) is 10.9 Å². The molecule has 0 bridgehead atoms. The summed E-state index contributed by atoms with van der Waals surface area (Å²) in [5.74, 6) is -0.200. The van der Waals surface area contributed by atoms with E-state index >= 15 is 0 Å². The first-order chi connectivity index (χ1) is 10.2. The second-order valence-electron chi connectivity index (χ2n) is 4.78. The molecule has 3 aromatic rings. The van der Waals surface area contributed by atoms with Crippen LogP contribution in [0.2, 0.25) is 0 Å². The van der Waals surface area contributed by atoms with Crippen molar-refractivity contribution in [2.45, 2.75) is 6.42 Å². The number of amides is 1. The lowest BCUT2D eigenvalue weighted by atomic mass is 10.1. The van der Waals surface area contributed by atoms with Crippen molar-refractivity contribution in [2.24, 2.45) is 0 Å². The Balaban J connectivity index is 1.60. The van der Waals surface area contributed by atoms with Gasteiger partial charge in [-0.2, -0.15) is 0 Å². The number of furan rings is 1. The molecule has 0 fully saturated rings. The number of hydrogen-bond donors (Lipinski definition) is 1. The lowest BCUT2D eigenvalue weighted by Crippen LogP contribution is -2.25. The molecule has 3 nitrogen and oxygen atoms in total. The summed E-state index contributed by atoms with van der Waals surface area (Å²) in [5.41, 5.74) is 1.67. The van der Waals surface area contributed by atoms with Crippen molar-refractivity contribution in [3.8, 4) is 0 Å². The Labute approximate surface area is 121 Å². The number of para-hydroxylation sites is 1. The Morgan fingerprint density at radius 2 is 1.86 bits per heavy atom. The fourth-order valence-corrected chi connectivity index (χ4v) is 2.15. The average Bonchev–Trinajstić information content (AvgIpc) is 2.93.